The standard InChI is InChI=1S/C2H7IN2/c1-2(3,4)5/h4-5H2,1H3. The van der Waals surface area contributed by atoms with E-state index in [9.17, 15) is 0 Å². The molecular weight excluding hydrogens is 179 g/mol. The molecule has 0 bridgehead atoms. The van der Waals surface area contributed by atoms with Crippen molar-refractivity contribution in [1.29, 1.82) is 0 Å². The van der Waals surface area contributed by atoms with Crippen molar-refractivity contribution < 1.29 is 0 Å². The van der Waals surface area contributed by atoms with Crippen molar-refractivity contribution >= 4 is 22.6 Å². The molecule has 0 heterocycles. The lowest BCUT2D eigenvalue weighted by Crippen LogP contribution is -2.38. The highest BCUT2D eigenvalue weighted by Gasteiger charge is 1.98. The first-order valence-electron chi connectivity index (χ1n) is 1.27. The molecule has 0 spiro atoms. The molecular formula is C2H7IN2. The maximum atomic E-state index is 5.12. The Hall–Kier alpha value is 0.650. The Kier molecular flexibility index (Phi) is 1.58. The maximum Gasteiger partial charge on any atom is 0.114 e. The molecule has 0 amide bonds. The molecule has 0 saturated heterocycles. The number of alkyl halides is 1. The highest BCUT2D eigenvalue weighted by Crippen LogP contribution is 1.96. The van der Waals surface area contributed by atoms with Gasteiger partial charge in [-0.1, -0.05) is 0 Å². The third-order valence-electron chi connectivity index (χ3n) is 0. The summed E-state index contributed by atoms with van der Waals surface area (Å²) >= 11 is 1.93. The molecule has 0 aromatic carbocycles. The van der Waals surface area contributed by atoms with Crippen molar-refractivity contribution in [3.05, 3.63) is 0 Å². The predicted molar refractivity (Wildman–Crippen MR) is 30.8 cm³/mol. The SMILES string of the molecule is CC(N)(N)I. The molecule has 32 valence electrons. The van der Waals surface area contributed by atoms with Crippen molar-refractivity contribution in [2.24, 2.45) is 11.5 Å². The molecule has 0 atom stereocenters. The summed E-state index contributed by atoms with van der Waals surface area (Å²) in [5.41, 5.74) is 10.2. The van der Waals surface area contributed by atoms with Gasteiger partial charge in [0, 0.05) is 0 Å². The zero-order valence-electron chi connectivity index (χ0n) is 3.03. The van der Waals surface area contributed by atoms with E-state index in [2.05, 4.69) is 0 Å². The minimum atomic E-state index is -0.530. The maximum absolute atomic E-state index is 5.12. The smallest absolute Gasteiger partial charge is 0.114 e. The minimum absolute atomic E-state index is 0.530. The van der Waals surface area contributed by atoms with E-state index in [1.165, 1.54) is 0 Å². The lowest BCUT2D eigenvalue weighted by Gasteiger charge is -2.04. The Bertz CT molecular complexity index is 23.1. The molecule has 0 aliphatic rings. The normalized spacial score (nSPS) is 12.0. The van der Waals surface area contributed by atoms with Crippen LogP contribution < -0.4 is 11.5 Å². The van der Waals surface area contributed by atoms with Crippen LogP contribution in [0, 0.1) is 0 Å². The van der Waals surface area contributed by atoms with E-state index in [0.717, 1.165) is 0 Å². The van der Waals surface area contributed by atoms with Gasteiger partial charge in [0.05, 0.1) is 0 Å². The third-order valence-corrected chi connectivity index (χ3v) is 0. The predicted octanol–water partition coefficient (Wildman–Crippen LogP) is 0.0125. The zero-order valence-corrected chi connectivity index (χ0v) is 5.19. The van der Waals surface area contributed by atoms with E-state index >= 15 is 0 Å². The van der Waals surface area contributed by atoms with Crippen LogP contribution in [0.2, 0.25) is 0 Å². The van der Waals surface area contributed by atoms with Crippen LogP contribution in [0.25, 0.3) is 0 Å². The first kappa shape index (κ1) is 5.65. The van der Waals surface area contributed by atoms with Gasteiger partial charge < -0.3 is 11.5 Å². The Balaban J connectivity index is 3.02. The van der Waals surface area contributed by atoms with Crippen LogP contribution in [0.1, 0.15) is 6.92 Å². The average Bonchev–Trinajstić information content (AvgIpc) is 0.722. The summed E-state index contributed by atoms with van der Waals surface area (Å²) in [6.45, 7) is 1.73. The molecule has 3 heteroatoms. The molecule has 0 aliphatic carbocycles. The van der Waals surface area contributed by atoms with E-state index in [-0.39, 0.29) is 0 Å². The summed E-state index contributed by atoms with van der Waals surface area (Å²) < 4.78 is -0.530. The second kappa shape index (κ2) is 1.40. The summed E-state index contributed by atoms with van der Waals surface area (Å²) in [7, 11) is 0. The molecule has 2 nitrogen and oxygen atoms in total. The van der Waals surface area contributed by atoms with Crippen molar-refractivity contribution in [3.63, 3.8) is 0 Å². The van der Waals surface area contributed by atoms with Gasteiger partial charge in [0.2, 0.25) is 0 Å². The summed E-state index contributed by atoms with van der Waals surface area (Å²) in [6.07, 6.45) is 0. The van der Waals surface area contributed by atoms with E-state index in [4.69, 9.17) is 11.5 Å². The first-order valence-corrected chi connectivity index (χ1v) is 2.35. The van der Waals surface area contributed by atoms with Crippen molar-refractivity contribution in [3.8, 4) is 0 Å². The fourth-order valence-electron chi connectivity index (χ4n) is 0. The van der Waals surface area contributed by atoms with E-state index in [0.29, 0.717) is 0 Å². The zero-order chi connectivity index (χ0) is 4.50. The monoisotopic (exact) mass is 186 g/mol. The van der Waals surface area contributed by atoms with Gasteiger partial charge in [-0.3, -0.25) is 0 Å². The quantitative estimate of drug-likeness (QED) is 0.242. The first-order chi connectivity index (χ1) is 2.00. The van der Waals surface area contributed by atoms with E-state index in [1.807, 2.05) is 22.6 Å². The van der Waals surface area contributed by atoms with Crippen LogP contribution in [-0.4, -0.2) is 3.67 Å². The van der Waals surface area contributed by atoms with E-state index in [1.54, 1.807) is 6.92 Å². The van der Waals surface area contributed by atoms with E-state index < -0.39 is 3.67 Å². The summed E-state index contributed by atoms with van der Waals surface area (Å²) in [4.78, 5) is 0. The molecule has 0 aromatic heterocycles. The molecule has 5 heavy (non-hydrogen) atoms. The Morgan fingerprint density at radius 3 is 1.60 bits per heavy atom. The highest BCUT2D eigenvalue weighted by atomic mass is 127. The highest BCUT2D eigenvalue weighted by molar-refractivity contribution is 14.1. The van der Waals surface area contributed by atoms with Crippen LogP contribution in [0.4, 0.5) is 0 Å². The number of hydrogen-bond donors (Lipinski definition) is 2. The van der Waals surface area contributed by atoms with Crippen LogP contribution in [-0.2, 0) is 0 Å². The second-order valence-corrected chi connectivity index (χ2v) is 3.48. The number of rotatable bonds is 0. The average molecular weight is 186 g/mol. The summed E-state index contributed by atoms with van der Waals surface area (Å²) in [5.74, 6) is 0. The van der Waals surface area contributed by atoms with Gasteiger partial charge in [0.25, 0.3) is 0 Å². The van der Waals surface area contributed by atoms with Crippen molar-refractivity contribution in [2.45, 2.75) is 10.6 Å². The minimum Gasteiger partial charge on any atom is -0.305 e. The van der Waals surface area contributed by atoms with Gasteiger partial charge in [-0.2, -0.15) is 0 Å². The van der Waals surface area contributed by atoms with Gasteiger partial charge in [0.15, 0.2) is 0 Å². The fourth-order valence-corrected chi connectivity index (χ4v) is 0. The summed E-state index contributed by atoms with van der Waals surface area (Å²) in [6, 6.07) is 0. The molecule has 0 unspecified atom stereocenters. The molecule has 0 fully saturated rings. The Morgan fingerprint density at radius 1 is 1.60 bits per heavy atom. The van der Waals surface area contributed by atoms with Crippen molar-refractivity contribution in [2.75, 3.05) is 0 Å². The van der Waals surface area contributed by atoms with Gasteiger partial charge in [0.1, 0.15) is 3.67 Å². The molecule has 0 radical (unpaired) electrons. The Morgan fingerprint density at radius 2 is 1.60 bits per heavy atom. The fraction of sp³-hybridized carbons (Fsp3) is 1.00. The molecule has 0 aliphatic heterocycles. The summed E-state index contributed by atoms with van der Waals surface area (Å²) in [5, 5.41) is 0. The molecule has 0 saturated carbocycles. The van der Waals surface area contributed by atoms with Gasteiger partial charge >= 0.3 is 0 Å². The third kappa shape index (κ3) is 77.3. The van der Waals surface area contributed by atoms with Crippen molar-refractivity contribution in [1.82, 2.24) is 0 Å². The number of nitrogens with two attached hydrogens (primary N) is 2. The molecule has 0 aromatic rings. The molecule has 4 N–H and O–H groups in total. The molecule has 0 rings (SSSR count). The van der Waals surface area contributed by atoms with Gasteiger partial charge in [-0.25, -0.2) is 0 Å². The largest absolute Gasteiger partial charge is 0.305 e. The van der Waals surface area contributed by atoms with Crippen LogP contribution >= 0.6 is 22.6 Å². The topological polar surface area (TPSA) is 52.0 Å². The Labute approximate surface area is 45.0 Å². The number of hydrogen-bond acceptors (Lipinski definition) is 2. The van der Waals surface area contributed by atoms with Gasteiger partial charge in [-0.15, -0.1) is 0 Å². The number of halogens is 1. The van der Waals surface area contributed by atoms with Crippen LogP contribution in [0.3, 0.4) is 0 Å². The second-order valence-electron chi connectivity index (χ2n) is 1.15. The lowest BCUT2D eigenvalue weighted by molar-refractivity contribution is 0.757. The van der Waals surface area contributed by atoms with Gasteiger partial charge in [-0.05, 0) is 29.5 Å². The van der Waals surface area contributed by atoms with Crippen LogP contribution in [0.5, 0.6) is 0 Å². The van der Waals surface area contributed by atoms with Crippen LogP contribution in [0.15, 0.2) is 0 Å². The lowest BCUT2D eigenvalue weighted by atomic mass is 10.7.